The van der Waals surface area contributed by atoms with Gasteiger partial charge in [-0.05, 0) is 20.8 Å². The van der Waals surface area contributed by atoms with E-state index in [-0.39, 0.29) is 5.60 Å². The largest absolute Gasteiger partial charge is 0.370 e. The van der Waals surface area contributed by atoms with E-state index >= 15 is 0 Å². The second-order valence-corrected chi connectivity index (χ2v) is 3.48. The van der Waals surface area contributed by atoms with Gasteiger partial charge in [-0.2, -0.15) is 0 Å². The molecule has 0 aliphatic rings. The molecule has 1 aromatic heterocycles. The van der Waals surface area contributed by atoms with Crippen molar-refractivity contribution in [1.29, 1.82) is 0 Å². The lowest BCUT2D eigenvalue weighted by atomic mass is 10.2. The number of imidazole rings is 1. The van der Waals surface area contributed by atoms with Gasteiger partial charge >= 0.3 is 0 Å². The summed E-state index contributed by atoms with van der Waals surface area (Å²) in [6.45, 7) is 6.69. The summed E-state index contributed by atoms with van der Waals surface area (Å²) in [4.78, 5) is 6.86. The first-order chi connectivity index (χ1) is 5.08. The van der Waals surface area contributed by atoms with Crippen LogP contribution in [0.5, 0.6) is 0 Å². The lowest BCUT2D eigenvalue weighted by Gasteiger charge is -2.18. The molecule has 1 rings (SSSR count). The number of rotatable bonds is 2. The summed E-state index contributed by atoms with van der Waals surface area (Å²) in [5.41, 5.74) is 0.936. The van der Waals surface area contributed by atoms with Crippen molar-refractivity contribution in [2.45, 2.75) is 33.0 Å². The Kier molecular flexibility index (Phi) is 2.29. The highest BCUT2D eigenvalue weighted by atomic mass is 16.5. The molecule has 0 fully saturated rings. The Bertz CT molecular complexity index is 198. The van der Waals surface area contributed by atoms with Crippen LogP contribution in [-0.2, 0) is 11.3 Å². The zero-order valence-electron chi connectivity index (χ0n) is 7.22. The summed E-state index contributed by atoms with van der Waals surface area (Å²) in [6, 6.07) is 0. The number of aromatic amines is 1. The van der Waals surface area contributed by atoms with Crippen molar-refractivity contribution in [3.8, 4) is 0 Å². The van der Waals surface area contributed by atoms with Crippen LogP contribution >= 0.6 is 0 Å². The van der Waals surface area contributed by atoms with E-state index < -0.39 is 0 Å². The Hall–Kier alpha value is -0.830. The van der Waals surface area contributed by atoms with Crippen LogP contribution in [0.4, 0.5) is 0 Å². The molecule has 3 nitrogen and oxygen atoms in total. The van der Waals surface area contributed by atoms with Gasteiger partial charge in [0.25, 0.3) is 0 Å². The fraction of sp³-hybridized carbons (Fsp3) is 0.625. The lowest BCUT2D eigenvalue weighted by molar-refractivity contribution is -0.0163. The Morgan fingerprint density at radius 1 is 1.55 bits per heavy atom. The molecular formula is C8H14N2O. The van der Waals surface area contributed by atoms with Gasteiger partial charge in [0, 0.05) is 0 Å². The maximum atomic E-state index is 5.50. The number of H-pyrrole nitrogens is 1. The van der Waals surface area contributed by atoms with Gasteiger partial charge in [0.1, 0.15) is 0 Å². The minimum atomic E-state index is -0.0783. The van der Waals surface area contributed by atoms with E-state index in [0.717, 1.165) is 5.69 Å². The fourth-order valence-electron chi connectivity index (χ4n) is 0.658. The minimum Gasteiger partial charge on any atom is -0.370 e. The van der Waals surface area contributed by atoms with Gasteiger partial charge in [-0.15, -0.1) is 0 Å². The minimum absolute atomic E-state index is 0.0783. The van der Waals surface area contributed by atoms with E-state index in [0.29, 0.717) is 6.61 Å². The van der Waals surface area contributed by atoms with Crippen molar-refractivity contribution < 1.29 is 4.74 Å². The molecule has 0 radical (unpaired) electrons. The first-order valence-corrected chi connectivity index (χ1v) is 3.69. The monoisotopic (exact) mass is 154 g/mol. The number of hydrogen-bond acceptors (Lipinski definition) is 2. The van der Waals surface area contributed by atoms with Crippen LogP contribution in [0.15, 0.2) is 12.5 Å². The lowest BCUT2D eigenvalue weighted by Crippen LogP contribution is -2.18. The fourth-order valence-corrected chi connectivity index (χ4v) is 0.658. The van der Waals surface area contributed by atoms with Gasteiger partial charge in [0.2, 0.25) is 0 Å². The molecule has 0 saturated carbocycles. The van der Waals surface area contributed by atoms with Gasteiger partial charge < -0.3 is 9.72 Å². The zero-order chi connectivity index (χ0) is 8.32. The Morgan fingerprint density at radius 2 is 2.27 bits per heavy atom. The third kappa shape index (κ3) is 3.18. The highest BCUT2D eigenvalue weighted by molar-refractivity contribution is 4.91. The van der Waals surface area contributed by atoms with Gasteiger partial charge in [-0.1, -0.05) is 0 Å². The van der Waals surface area contributed by atoms with Crippen LogP contribution in [0.1, 0.15) is 26.5 Å². The molecule has 0 atom stereocenters. The number of ether oxygens (including phenoxy) is 1. The number of nitrogens with zero attached hydrogens (tertiary/aromatic N) is 1. The maximum absolute atomic E-state index is 5.50. The SMILES string of the molecule is CC(C)(C)OCc1cnc[nH]1. The first kappa shape index (κ1) is 8.27. The van der Waals surface area contributed by atoms with Crippen molar-refractivity contribution in [3.63, 3.8) is 0 Å². The average molecular weight is 154 g/mol. The van der Waals surface area contributed by atoms with E-state index in [1.807, 2.05) is 20.8 Å². The molecule has 0 saturated heterocycles. The van der Waals surface area contributed by atoms with E-state index in [2.05, 4.69) is 9.97 Å². The molecule has 0 spiro atoms. The average Bonchev–Trinajstić information content (AvgIpc) is 2.32. The Balaban J connectivity index is 2.35. The van der Waals surface area contributed by atoms with Crippen LogP contribution in [0, 0.1) is 0 Å². The van der Waals surface area contributed by atoms with Crippen LogP contribution in [0.3, 0.4) is 0 Å². The second kappa shape index (κ2) is 3.05. The summed E-state index contributed by atoms with van der Waals surface area (Å²) >= 11 is 0. The van der Waals surface area contributed by atoms with Gasteiger partial charge in [0.05, 0.1) is 30.4 Å². The predicted molar refractivity (Wildman–Crippen MR) is 43.1 cm³/mol. The van der Waals surface area contributed by atoms with Crippen molar-refractivity contribution in [3.05, 3.63) is 18.2 Å². The van der Waals surface area contributed by atoms with Crippen LogP contribution in [-0.4, -0.2) is 15.6 Å². The molecule has 62 valence electrons. The summed E-state index contributed by atoms with van der Waals surface area (Å²) in [7, 11) is 0. The molecule has 3 heteroatoms. The molecule has 0 aromatic carbocycles. The standard InChI is InChI=1S/C8H14N2O/c1-8(2,3)11-5-7-4-9-6-10-7/h4,6H,5H2,1-3H3,(H,9,10). The maximum Gasteiger partial charge on any atom is 0.0922 e. The highest BCUT2D eigenvalue weighted by Gasteiger charge is 2.09. The molecule has 0 bridgehead atoms. The Labute approximate surface area is 66.8 Å². The van der Waals surface area contributed by atoms with Gasteiger partial charge in [-0.25, -0.2) is 4.98 Å². The summed E-state index contributed by atoms with van der Waals surface area (Å²) in [6.07, 6.45) is 3.42. The van der Waals surface area contributed by atoms with E-state index in [4.69, 9.17) is 4.74 Å². The first-order valence-electron chi connectivity index (χ1n) is 3.69. The molecule has 11 heavy (non-hydrogen) atoms. The van der Waals surface area contributed by atoms with E-state index in [1.54, 1.807) is 12.5 Å². The van der Waals surface area contributed by atoms with Crippen molar-refractivity contribution in [2.24, 2.45) is 0 Å². The number of nitrogens with one attached hydrogen (secondary N) is 1. The topological polar surface area (TPSA) is 37.9 Å². The molecule has 0 unspecified atom stereocenters. The normalized spacial score (nSPS) is 11.9. The molecule has 1 N–H and O–H groups in total. The van der Waals surface area contributed by atoms with E-state index in [1.165, 1.54) is 0 Å². The predicted octanol–water partition coefficient (Wildman–Crippen LogP) is 1.72. The van der Waals surface area contributed by atoms with Crippen LogP contribution in [0.25, 0.3) is 0 Å². The van der Waals surface area contributed by atoms with Crippen molar-refractivity contribution in [2.75, 3.05) is 0 Å². The van der Waals surface area contributed by atoms with Gasteiger partial charge in [0.15, 0.2) is 0 Å². The molecular weight excluding hydrogens is 140 g/mol. The number of hydrogen-bond donors (Lipinski definition) is 1. The molecule has 0 amide bonds. The third-order valence-corrected chi connectivity index (χ3v) is 1.22. The molecule has 0 aliphatic heterocycles. The molecule has 1 aromatic rings. The summed E-state index contributed by atoms with van der Waals surface area (Å²) in [5, 5.41) is 0. The smallest absolute Gasteiger partial charge is 0.0922 e. The summed E-state index contributed by atoms with van der Waals surface area (Å²) < 4.78 is 5.50. The number of aromatic nitrogens is 2. The third-order valence-electron chi connectivity index (χ3n) is 1.22. The molecule has 1 heterocycles. The van der Waals surface area contributed by atoms with Crippen molar-refractivity contribution in [1.82, 2.24) is 9.97 Å². The zero-order valence-corrected chi connectivity index (χ0v) is 7.22. The van der Waals surface area contributed by atoms with Gasteiger partial charge in [-0.3, -0.25) is 0 Å². The van der Waals surface area contributed by atoms with Crippen LogP contribution < -0.4 is 0 Å². The van der Waals surface area contributed by atoms with Crippen LogP contribution in [0.2, 0.25) is 0 Å². The molecule has 0 aliphatic carbocycles. The Morgan fingerprint density at radius 3 is 2.73 bits per heavy atom. The van der Waals surface area contributed by atoms with E-state index in [9.17, 15) is 0 Å². The quantitative estimate of drug-likeness (QED) is 0.704. The van der Waals surface area contributed by atoms with Crippen molar-refractivity contribution >= 4 is 0 Å². The second-order valence-electron chi connectivity index (χ2n) is 3.48. The highest BCUT2D eigenvalue weighted by Crippen LogP contribution is 2.09. The summed E-state index contributed by atoms with van der Waals surface area (Å²) in [5.74, 6) is 0.